The number of para-hydroxylation sites is 1. The van der Waals surface area contributed by atoms with Gasteiger partial charge in [0.25, 0.3) is 5.91 Å². The van der Waals surface area contributed by atoms with E-state index >= 15 is 0 Å². The van der Waals surface area contributed by atoms with E-state index in [0.717, 1.165) is 6.42 Å². The molecule has 32 heavy (non-hydrogen) atoms. The van der Waals surface area contributed by atoms with Gasteiger partial charge in [0, 0.05) is 17.8 Å². The van der Waals surface area contributed by atoms with E-state index in [-0.39, 0.29) is 30.0 Å². The summed E-state index contributed by atoms with van der Waals surface area (Å²) in [6.07, 6.45) is 0.854. The van der Waals surface area contributed by atoms with Crippen molar-refractivity contribution in [2.45, 2.75) is 39.8 Å². The molecular formula is C23H27FN6O2. The first-order valence-corrected chi connectivity index (χ1v) is 10.5. The fourth-order valence-electron chi connectivity index (χ4n) is 3.14. The second-order valence-electron chi connectivity index (χ2n) is 7.90. The SMILES string of the molecule is CC(C)CCNC(=O)[C@H](C)N(C(=O)Cn1nnc(-c2ccc(F)cc2)n1)c1ccccc1. The highest BCUT2D eigenvalue weighted by Crippen LogP contribution is 2.18. The summed E-state index contributed by atoms with van der Waals surface area (Å²) in [7, 11) is 0. The van der Waals surface area contributed by atoms with E-state index in [9.17, 15) is 14.0 Å². The number of tetrazole rings is 1. The van der Waals surface area contributed by atoms with E-state index in [4.69, 9.17) is 0 Å². The van der Waals surface area contributed by atoms with Gasteiger partial charge in [0.05, 0.1) is 0 Å². The number of rotatable bonds is 9. The molecule has 2 aromatic carbocycles. The number of carbonyl (C=O) groups excluding carboxylic acids is 2. The lowest BCUT2D eigenvalue weighted by atomic mass is 10.1. The second-order valence-corrected chi connectivity index (χ2v) is 7.90. The predicted molar refractivity (Wildman–Crippen MR) is 119 cm³/mol. The third-order valence-electron chi connectivity index (χ3n) is 4.92. The number of hydrogen-bond acceptors (Lipinski definition) is 5. The number of nitrogens with one attached hydrogen (secondary N) is 1. The highest BCUT2D eigenvalue weighted by atomic mass is 19.1. The molecule has 0 fully saturated rings. The van der Waals surface area contributed by atoms with E-state index in [1.165, 1.54) is 21.8 Å². The number of benzene rings is 2. The van der Waals surface area contributed by atoms with Crippen LogP contribution in [0.4, 0.5) is 10.1 Å². The highest BCUT2D eigenvalue weighted by Gasteiger charge is 2.28. The lowest BCUT2D eigenvalue weighted by Gasteiger charge is -2.28. The van der Waals surface area contributed by atoms with Crippen molar-refractivity contribution in [3.05, 3.63) is 60.4 Å². The minimum atomic E-state index is -0.725. The Labute approximate surface area is 186 Å². The summed E-state index contributed by atoms with van der Waals surface area (Å²) in [6, 6.07) is 14.0. The Hall–Kier alpha value is -3.62. The topological polar surface area (TPSA) is 93.0 Å². The number of halogens is 1. The van der Waals surface area contributed by atoms with Gasteiger partial charge in [0.15, 0.2) is 0 Å². The molecule has 3 aromatic rings. The van der Waals surface area contributed by atoms with Crippen molar-refractivity contribution in [1.29, 1.82) is 0 Å². The van der Waals surface area contributed by atoms with Crippen molar-refractivity contribution < 1.29 is 14.0 Å². The maximum Gasteiger partial charge on any atom is 0.251 e. The molecular weight excluding hydrogens is 411 g/mol. The Kier molecular flexibility index (Phi) is 7.64. The molecule has 9 heteroatoms. The van der Waals surface area contributed by atoms with Crippen LogP contribution < -0.4 is 10.2 Å². The van der Waals surface area contributed by atoms with Gasteiger partial charge >= 0.3 is 0 Å². The molecule has 1 aromatic heterocycles. The van der Waals surface area contributed by atoms with Crippen molar-refractivity contribution in [3.8, 4) is 11.4 Å². The smallest absolute Gasteiger partial charge is 0.251 e. The molecule has 0 aliphatic carbocycles. The fraction of sp³-hybridized carbons (Fsp3) is 0.348. The highest BCUT2D eigenvalue weighted by molar-refractivity contribution is 6.00. The zero-order chi connectivity index (χ0) is 23.1. The first-order valence-electron chi connectivity index (χ1n) is 10.5. The molecule has 1 N–H and O–H groups in total. The van der Waals surface area contributed by atoms with Crippen molar-refractivity contribution in [1.82, 2.24) is 25.5 Å². The van der Waals surface area contributed by atoms with E-state index in [1.807, 2.05) is 6.07 Å². The van der Waals surface area contributed by atoms with Gasteiger partial charge in [-0.1, -0.05) is 32.0 Å². The molecule has 0 bridgehead atoms. The zero-order valence-corrected chi connectivity index (χ0v) is 18.4. The summed E-state index contributed by atoms with van der Waals surface area (Å²) in [5, 5.41) is 15.0. The van der Waals surface area contributed by atoms with E-state index in [0.29, 0.717) is 23.7 Å². The summed E-state index contributed by atoms with van der Waals surface area (Å²) in [6.45, 7) is 6.20. The van der Waals surface area contributed by atoms with Gasteiger partial charge in [-0.2, -0.15) is 4.80 Å². The Bertz CT molecular complexity index is 1040. The number of aromatic nitrogens is 4. The summed E-state index contributed by atoms with van der Waals surface area (Å²) >= 11 is 0. The van der Waals surface area contributed by atoms with Crippen LogP contribution in [0.2, 0.25) is 0 Å². The average molecular weight is 439 g/mol. The molecule has 3 rings (SSSR count). The quantitative estimate of drug-likeness (QED) is 0.554. The van der Waals surface area contributed by atoms with Gasteiger partial charge < -0.3 is 5.32 Å². The van der Waals surface area contributed by atoms with Crippen molar-refractivity contribution in [2.75, 3.05) is 11.4 Å². The van der Waals surface area contributed by atoms with Gasteiger partial charge in [-0.15, -0.1) is 10.2 Å². The minimum absolute atomic E-state index is 0.202. The predicted octanol–water partition coefficient (Wildman–Crippen LogP) is 3.06. The number of carbonyl (C=O) groups is 2. The number of hydrogen-bond donors (Lipinski definition) is 1. The van der Waals surface area contributed by atoms with Crippen LogP contribution in [0.5, 0.6) is 0 Å². The number of nitrogens with zero attached hydrogens (tertiary/aromatic N) is 5. The third kappa shape index (κ3) is 5.96. The fourth-order valence-corrected chi connectivity index (χ4v) is 3.14. The normalized spacial score (nSPS) is 11.9. The summed E-state index contributed by atoms with van der Waals surface area (Å²) in [5.74, 6) is -0.211. The van der Waals surface area contributed by atoms with Crippen LogP contribution in [0.3, 0.4) is 0 Å². The number of anilines is 1. The molecule has 0 spiro atoms. The molecule has 0 aliphatic heterocycles. The Balaban J connectivity index is 1.76. The molecule has 0 unspecified atom stereocenters. The lowest BCUT2D eigenvalue weighted by molar-refractivity contribution is -0.126. The Morgan fingerprint density at radius 1 is 1.06 bits per heavy atom. The van der Waals surface area contributed by atoms with Crippen LogP contribution in [0, 0.1) is 11.7 Å². The van der Waals surface area contributed by atoms with Crippen LogP contribution in [-0.2, 0) is 16.1 Å². The third-order valence-corrected chi connectivity index (χ3v) is 4.92. The minimum Gasteiger partial charge on any atom is -0.354 e. The number of amides is 2. The monoisotopic (exact) mass is 438 g/mol. The second kappa shape index (κ2) is 10.6. The van der Waals surface area contributed by atoms with Gasteiger partial charge in [-0.3, -0.25) is 14.5 Å². The summed E-state index contributed by atoms with van der Waals surface area (Å²) in [4.78, 5) is 28.5. The van der Waals surface area contributed by atoms with Crippen molar-refractivity contribution >= 4 is 17.5 Å². The summed E-state index contributed by atoms with van der Waals surface area (Å²) < 4.78 is 13.1. The molecule has 0 radical (unpaired) electrons. The zero-order valence-electron chi connectivity index (χ0n) is 18.4. The summed E-state index contributed by atoms with van der Waals surface area (Å²) in [5.41, 5.74) is 1.19. The molecule has 1 atom stereocenters. The van der Waals surface area contributed by atoms with Crippen molar-refractivity contribution in [3.63, 3.8) is 0 Å². The van der Waals surface area contributed by atoms with Gasteiger partial charge in [-0.25, -0.2) is 4.39 Å². The molecule has 168 valence electrons. The Morgan fingerprint density at radius 3 is 2.41 bits per heavy atom. The maximum atomic E-state index is 13.2. The van der Waals surface area contributed by atoms with Crippen LogP contribution in [0.15, 0.2) is 54.6 Å². The maximum absolute atomic E-state index is 13.2. The molecule has 0 saturated carbocycles. The Morgan fingerprint density at radius 2 is 1.75 bits per heavy atom. The van der Waals surface area contributed by atoms with Gasteiger partial charge in [0.1, 0.15) is 18.4 Å². The standard InChI is InChI=1S/C23H27FN6O2/c1-16(2)13-14-25-23(32)17(3)30(20-7-5-4-6-8-20)21(31)15-29-27-22(26-28-29)18-9-11-19(24)12-10-18/h4-12,16-17H,13-15H2,1-3H3,(H,25,32)/t17-/m0/s1. The van der Waals surface area contributed by atoms with E-state index in [1.54, 1.807) is 43.3 Å². The van der Waals surface area contributed by atoms with Gasteiger partial charge in [-0.05, 0) is 60.9 Å². The molecule has 0 aliphatic rings. The first-order chi connectivity index (χ1) is 15.3. The molecule has 8 nitrogen and oxygen atoms in total. The average Bonchev–Trinajstić information content (AvgIpc) is 3.23. The molecule has 0 saturated heterocycles. The van der Waals surface area contributed by atoms with Crippen molar-refractivity contribution in [2.24, 2.45) is 5.92 Å². The molecule has 2 amide bonds. The largest absolute Gasteiger partial charge is 0.354 e. The van der Waals surface area contributed by atoms with Crippen LogP contribution in [0.25, 0.3) is 11.4 Å². The first kappa shape index (κ1) is 23.1. The van der Waals surface area contributed by atoms with E-state index < -0.39 is 6.04 Å². The van der Waals surface area contributed by atoms with Gasteiger partial charge in [0.2, 0.25) is 11.7 Å². The lowest BCUT2D eigenvalue weighted by Crippen LogP contribution is -2.49. The molecule has 1 heterocycles. The van der Waals surface area contributed by atoms with Crippen LogP contribution in [0.1, 0.15) is 27.2 Å². The van der Waals surface area contributed by atoms with Crippen LogP contribution >= 0.6 is 0 Å². The van der Waals surface area contributed by atoms with E-state index in [2.05, 4.69) is 34.6 Å². The van der Waals surface area contributed by atoms with Crippen LogP contribution in [-0.4, -0.2) is 44.6 Å².